The number of nitrogens with two attached hydrogens (primary N) is 1. The van der Waals surface area contributed by atoms with Crippen molar-refractivity contribution in [3.05, 3.63) is 45.7 Å². The van der Waals surface area contributed by atoms with E-state index in [1.165, 1.54) is 0 Å². The van der Waals surface area contributed by atoms with Gasteiger partial charge >= 0.3 is 0 Å². The molecule has 2 rings (SSSR count). The van der Waals surface area contributed by atoms with Gasteiger partial charge in [-0.2, -0.15) is 5.10 Å². The Morgan fingerprint density at radius 2 is 2.16 bits per heavy atom. The number of anilines is 1. The van der Waals surface area contributed by atoms with E-state index in [4.69, 9.17) is 5.73 Å². The minimum absolute atomic E-state index is 0.00986. The molecule has 0 aliphatic heterocycles. The molecule has 0 spiro atoms. The minimum Gasteiger partial charge on any atom is -0.398 e. The third-order valence-corrected chi connectivity index (χ3v) is 3.54. The van der Waals surface area contributed by atoms with Crippen LogP contribution in [0.4, 0.5) is 5.69 Å². The number of aromatic nitrogens is 2. The zero-order valence-corrected chi connectivity index (χ0v) is 12.6. The van der Waals surface area contributed by atoms with Crippen LogP contribution < -0.4 is 5.73 Å². The molecular weight excluding hydrogens is 306 g/mol. The Kier molecular flexibility index (Phi) is 4.04. The van der Waals surface area contributed by atoms with E-state index in [1.54, 1.807) is 16.8 Å². The largest absolute Gasteiger partial charge is 0.398 e. The second-order valence-electron chi connectivity index (χ2n) is 4.44. The third kappa shape index (κ3) is 3.04. The minimum atomic E-state index is 0.00986. The van der Waals surface area contributed by atoms with Crippen molar-refractivity contribution in [2.75, 3.05) is 5.73 Å². The van der Waals surface area contributed by atoms with Crippen molar-refractivity contribution < 1.29 is 4.79 Å². The fourth-order valence-electron chi connectivity index (χ4n) is 1.96. The number of aryl methyl sites for hydroxylation is 2. The van der Waals surface area contributed by atoms with Crippen molar-refractivity contribution in [1.82, 2.24) is 9.78 Å². The van der Waals surface area contributed by atoms with Gasteiger partial charge in [-0.15, -0.1) is 0 Å². The molecule has 19 heavy (non-hydrogen) atoms. The van der Waals surface area contributed by atoms with Crippen molar-refractivity contribution in [2.24, 2.45) is 7.05 Å². The van der Waals surface area contributed by atoms with Crippen LogP contribution in [0.15, 0.2) is 28.7 Å². The van der Waals surface area contributed by atoms with E-state index in [9.17, 15) is 4.79 Å². The fourth-order valence-corrected chi connectivity index (χ4v) is 2.34. The van der Waals surface area contributed by atoms with Gasteiger partial charge in [0.2, 0.25) is 0 Å². The molecule has 0 saturated heterocycles. The summed E-state index contributed by atoms with van der Waals surface area (Å²) in [6.45, 7) is 2.04. The molecule has 0 fully saturated rings. The number of hydrogen-bond donors (Lipinski definition) is 1. The Morgan fingerprint density at radius 3 is 2.74 bits per heavy atom. The zero-order valence-electron chi connectivity index (χ0n) is 11.0. The summed E-state index contributed by atoms with van der Waals surface area (Å²) in [6, 6.07) is 7.28. The smallest absolute Gasteiger partial charge is 0.170 e. The molecule has 2 aromatic rings. The molecule has 100 valence electrons. The van der Waals surface area contributed by atoms with E-state index < -0.39 is 0 Å². The first-order valence-electron chi connectivity index (χ1n) is 6.11. The highest BCUT2D eigenvalue weighted by molar-refractivity contribution is 9.10. The standard InChI is InChI=1S/C14H16BrN3O/c1-3-10-7-11(18(2)17-10)8-14(19)12-5-4-9(15)6-13(12)16/h4-7H,3,8,16H2,1-2H3. The number of hydrogen-bond acceptors (Lipinski definition) is 3. The Morgan fingerprint density at radius 1 is 1.42 bits per heavy atom. The number of carbonyl (C=O) groups is 1. The van der Waals surface area contributed by atoms with Crippen LogP contribution in [0.2, 0.25) is 0 Å². The van der Waals surface area contributed by atoms with Crippen LogP contribution in [0.25, 0.3) is 0 Å². The molecule has 0 bridgehead atoms. The summed E-state index contributed by atoms with van der Waals surface area (Å²) in [6.07, 6.45) is 1.18. The van der Waals surface area contributed by atoms with Gasteiger partial charge in [0.25, 0.3) is 0 Å². The molecule has 1 aromatic heterocycles. The Hall–Kier alpha value is -1.62. The first kappa shape index (κ1) is 13.8. The summed E-state index contributed by atoms with van der Waals surface area (Å²) in [5.74, 6) is 0.00986. The quantitative estimate of drug-likeness (QED) is 0.695. The van der Waals surface area contributed by atoms with Crippen LogP contribution in [0.5, 0.6) is 0 Å². The molecule has 4 nitrogen and oxygen atoms in total. The number of Topliss-reactive ketones (excluding diaryl/α,β-unsaturated/α-hetero) is 1. The number of halogens is 1. The Labute approximate surface area is 120 Å². The number of ketones is 1. The lowest BCUT2D eigenvalue weighted by molar-refractivity contribution is 0.0991. The van der Waals surface area contributed by atoms with Gasteiger partial charge in [-0.25, -0.2) is 0 Å². The van der Waals surface area contributed by atoms with Crippen LogP contribution in [0.1, 0.15) is 28.7 Å². The summed E-state index contributed by atoms with van der Waals surface area (Å²) in [7, 11) is 1.85. The molecule has 0 saturated carbocycles. The normalized spacial score (nSPS) is 10.7. The zero-order chi connectivity index (χ0) is 14.0. The van der Waals surface area contributed by atoms with Crippen molar-refractivity contribution >= 4 is 27.4 Å². The molecule has 0 atom stereocenters. The second kappa shape index (κ2) is 5.57. The molecule has 2 N–H and O–H groups in total. The van der Waals surface area contributed by atoms with E-state index in [0.29, 0.717) is 17.7 Å². The van der Waals surface area contributed by atoms with Gasteiger partial charge in [0.15, 0.2) is 5.78 Å². The number of benzene rings is 1. The molecular formula is C14H16BrN3O. The molecule has 0 amide bonds. The predicted molar refractivity (Wildman–Crippen MR) is 79.2 cm³/mol. The van der Waals surface area contributed by atoms with E-state index >= 15 is 0 Å². The molecule has 0 unspecified atom stereocenters. The van der Waals surface area contributed by atoms with E-state index in [1.807, 2.05) is 26.1 Å². The average molecular weight is 322 g/mol. The van der Waals surface area contributed by atoms with Crippen molar-refractivity contribution in [3.8, 4) is 0 Å². The molecule has 0 radical (unpaired) electrons. The van der Waals surface area contributed by atoms with Gasteiger partial charge in [-0.1, -0.05) is 22.9 Å². The van der Waals surface area contributed by atoms with Crippen LogP contribution in [-0.2, 0) is 19.9 Å². The summed E-state index contributed by atoms with van der Waals surface area (Å²) in [5, 5.41) is 4.34. The molecule has 5 heteroatoms. The van der Waals surface area contributed by atoms with Gasteiger partial charge in [-0.05, 0) is 30.7 Å². The van der Waals surface area contributed by atoms with Gasteiger partial charge < -0.3 is 5.73 Å². The maximum atomic E-state index is 12.3. The first-order valence-corrected chi connectivity index (χ1v) is 6.90. The first-order chi connectivity index (χ1) is 9.01. The van der Waals surface area contributed by atoms with Crippen LogP contribution in [0.3, 0.4) is 0 Å². The van der Waals surface area contributed by atoms with Gasteiger partial charge in [0.05, 0.1) is 12.1 Å². The van der Waals surface area contributed by atoms with Crippen LogP contribution >= 0.6 is 15.9 Å². The topological polar surface area (TPSA) is 60.9 Å². The molecule has 1 heterocycles. The lowest BCUT2D eigenvalue weighted by Gasteiger charge is -2.05. The van der Waals surface area contributed by atoms with E-state index in [2.05, 4.69) is 21.0 Å². The van der Waals surface area contributed by atoms with Crippen molar-refractivity contribution in [3.63, 3.8) is 0 Å². The van der Waals surface area contributed by atoms with Crippen molar-refractivity contribution in [1.29, 1.82) is 0 Å². The number of carbonyl (C=O) groups excluding carboxylic acids is 1. The SMILES string of the molecule is CCc1cc(CC(=O)c2ccc(Br)cc2N)n(C)n1. The summed E-state index contributed by atoms with van der Waals surface area (Å²) >= 11 is 3.33. The summed E-state index contributed by atoms with van der Waals surface area (Å²) in [4.78, 5) is 12.3. The lowest BCUT2D eigenvalue weighted by atomic mass is 10.0. The highest BCUT2D eigenvalue weighted by Crippen LogP contribution is 2.20. The van der Waals surface area contributed by atoms with Crippen LogP contribution in [-0.4, -0.2) is 15.6 Å². The number of nitrogens with zero attached hydrogens (tertiary/aromatic N) is 2. The Balaban J connectivity index is 2.23. The average Bonchev–Trinajstić information content (AvgIpc) is 2.70. The molecule has 1 aromatic carbocycles. The Bertz CT molecular complexity index is 619. The molecule has 0 aliphatic rings. The van der Waals surface area contributed by atoms with Gasteiger partial charge in [0, 0.05) is 28.5 Å². The highest BCUT2D eigenvalue weighted by atomic mass is 79.9. The maximum Gasteiger partial charge on any atom is 0.170 e. The van der Waals surface area contributed by atoms with Crippen LogP contribution in [0, 0.1) is 0 Å². The monoisotopic (exact) mass is 321 g/mol. The summed E-state index contributed by atoms with van der Waals surface area (Å²) in [5.41, 5.74) is 8.83. The van der Waals surface area contributed by atoms with Gasteiger partial charge in [0.1, 0.15) is 0 Å². The molecule has 0 aliphatic carbocycles. The lowest BCUT2D eigenvalue weighted by Crippen LogP contribution is -2.10. The second-order valence-corrected chi connectivity index (χ2v) is 5.35. The predicted octanol–water partition coefficient (Wildman–Crippen LogP) is 2.75. The van der Waals surface area contributed by atoms with Gasteiger partial charge in [-0.3, -0.25) is 9.48 Å². The fraction of sp³-hybridized carbons (Fsp3) is 0.286. The summed E-state index contributed by atoms with van der Waals surface area (Å²) < 4.78 is 2.63. The maximum absolute atomic E-state index is 12.3. The number of nitrogen functional groups attached to an aromatic ring is 1. The van der Waals surface area contributed by atoms with E-state index in [-0.39, 0.29) is 5.78 Å². The van der Waals surface area contributed by atoms with E-state index in [0.717, 1.165) is 22.3 Å². The van der Waals surface area contributed by atoms with Crippen molar-refractivity contribution in [2.45, 2.75) is 19.8 Å². The number of rotatable bonds is 4. The third-order valence-electron chi connectivity index (χ3n) is 3.05. The highest BCUT2D eigenvalue weighted by Gasteiger charge is 2.14.